The molecule has 0 aliphatic heterocycles. The van der Waals surface area contributed by atoms with Crippen molar-refractivity contribution in [3.05, 3.63) is 36.7 Å². The Labute approximate surface area is 93.0 Å². The smallest absolute Gasteiger partial charge is 0.326 e. The Kier molecular flexibility index (Phi) is 4.04. The number of hydrogen-bond acceptors (Lipinski definition) is 4. The number of carboxylic acid groups (broad SMARTS) is 1. The third-order valence-electron chi connectivity index (χ3n) is 1.97. The third kappa shape index (κ3) is 2.82. The fourth-order valence-corrected chi connectivity index (χ4v) is 1.18. The molecule has 0 amide bonds. The summed E-state index contributed by atoms with van der Waals surface area (Å²) < 4.78 is 0. The minimum Gasteiger partial charge on any atom is -0.480 e. The van der Waals surface area contributed by atoms with Gasteiger partial charge in [-0.3, -0.25) is 4.98 Å². The zero-order valence-corrected chi connectivity index (χ0v) is 8.55. The number of nitriles is 1. The number of aliphatic carboxylic acids is 1. The van der Waals surface area contributed by atoms with Crippen molar-refractivity contribution in [2.75, 3.05) is 5.32 Å². The second-order valence-electron chi connectivity index (χ2n) is 3.09. The minimum absolute atomic E-state index is 0.273. The number of carboxylic acids is 1. The van der Waals surface area contributed by atoms with Crippen LogP contribution in [0.25, 0.3) is 0 Å². The molecule has 0 fully saturated rings. The van der Waals surface area contributed by atoms with Gasteiger partial charge in [0.25, 0.3) is 0 Å². The van der Waals surface area contributed by atoms with Crippen LogP contribution < -0.4 is 5.32 Å². The van der Waals surface area contributed by atoms with Crippen LogP contribution in [0, 0.1) is 11.3 Å². The Bertz CT molecular complexity index is 437. The lowest BCUT2D eigenvalue weighted by atomic mass is 10.1. The van der Waals surface area contributed by atoms with E-state index in [1.54, 1.807) is 0 Å². The molecule has 0 saturated carbocycles. The van der Waals surface area contributed by atoms with Gasteiger partial charge in [-0.1, -0.05) is 6.08 Å². The molecule has 0 radical (unpaired) electrons. The summed E-state index contributed by atoms with van der Waals surface area (Å²) in [4.78, 5) is 14.7. The average molecular weight is 217 g/mol. The van der Waals surface area contributed by atoms with Gasteiger partial charge in [0.05, 0.1) is 17.4 Å². The van der Waals surface area contributed by atoms with Crippen LogP contribution in [0.1, 0.15) is 12.0 Å². The lowest BCUT2D eigenvalue weighted by molar-refractivity contribution is -0.137. The van der Waals surface area contributed by atoms with Crippen molar-refractivity contribution in [3.8, 4) is 6.07 Å². The standard InChI is InChI=1S/C11H11N3O2/c1-2-3-9(11(15)16)14-10-7-13-5-4-8(10)6-12/h2,4-5,7,9,14H,1,3H2,(H,15,16). The van der Waals surface area contributed by atoms with Crippen LogP contribution in [0.4, 0.5) is 5.69 Å². The molecule has 0 aliphatic rings. The van der Waals surface area contributed by atoms with Gasteiger partial charge < -0.3 is 10.4 Å². The molecule has 1 atom stereocenters. The normalized spacial score (nSPS) is 11.2. The Morgan fingerprint density at radius 1 is 1.81 bits per heavy atom. The molecule has 16 heavy (non-hydrogen) atoms. The number of aromatic nitrogens is 1. The molecule has 1 unspecified atom stereocenters. The van der Waals surface area contributed by atoms with E-state index in [9.17, 15) is 4.79 Å². The number of nitrogens with one attached hydrogen (secondary N) is 1. The Morgan fingerprint density at radius 3 is 3.12 bits per heavy atom. The average Bonchev–Trinajstić information content (AvgIpc) is 2.29. The number of rotatable bonds is 5. The van der Waals surface area contributed by atoms with Crippen LogP contribution in [0.5, 0.6) is 0 Å². The molecule has 0 aromatic carbocycles. The lowest BCUT2D eigenvalue weighted by Gasteiger charge is -2.14. The monoisotopic (exact) mass is 217 g/mol. The summed E-state index contributed by atoms with van der Waals surface area (Å²) in [6.45, 7) is 3.48. The zero-order valence-electron chi connectivity index (χ0n) is 8.55. The van der Waals surface area contributed by atoms with E-state index in [-0.39, 0.29) is 6.42 Å². The maximum absolute atomic E-state index is 10.9. The van der Waals surface area contributed by atoms with Crippen LogP contribution in [0.3, 0.4) is 0 Å². The second kappa shape index (κ2) is 5.51. The van der Waals surface area contributed by atoms with Gasteiger partial charge in [0.2, 0.25) is 0 Å². The van der Waals surface area contributed by atoms with E-state index >= 15 is 0 Å². The highest BCUT2D eigenvalue weighted by Gasteiger charge is 2.16. The van der Waals surface area contributed by atoms with Crippen molar-refractivity contribution < 1.29 is 9.90 Å². The van der Waals surface area contributed by atoms with Crippen LogP contribution in [0.15, 0.2) is 31.1 Å². The first-order valence-electron chi connectivity index (χ1n) is 4.63. The largest absolute Gasteiger partial charge is 0.480 e. The van der Waals surface area contributed by atoms with Gasteiger partial charge in [0, 0.05) is 6.20 Å². The lowest BCUT2D eigenvalue weighted by Crippen LogP contribution is -2.28. The highest BCUT2D eigenvalue weighted by molar-refractivity contribution is 5.78. The summed E-state index contributed by atoms with van der Waals surface area (Å²) in [5, 5.41) is 20.5. The van der Waals surface area contributed by atoms with E-state index in [2.05, 4.69) is 16.9 Å². The summed E-state index contributed by atoms with van der Waals surface area (Å²) in [5.41, 5.74) is 0.782. The van der Waals surface area contributed by atoms with E-state index < -0.39 is 12.0 Å². The predicted octanol–water partition coefficient (Wildman–Crippen LogP) is 1.39. The predicted molar refractivity (Wildman–Crippen MR) is 58.8 cm³/mol. The van der Waals surface area contributed by atoms with Crippen molar-refractivity contribution >= 4 is 11.7 Å². The van der Waals surface area contributed by atoms with Crippen LogP contribution in [-0.4, -0.2) is 22.1 Å². The van der Waals surface area contributed by atoms with E-state index in [0.29, 0.717) is 11.3 Å². The van der Waals surface area contributed by atoms with E-state index in [1.807, 2.05) is 6.07 Å². The number of hydrogen-bond donors (Lipinski definition) is 2. The summed E-state index contributed by atoms with van der Waals surface area (Å²) >= 11 is 0. The number of pyridine rings is 1. The summed E-state index contributed by atoms with van der Waals surface area (Å²) in [6, 6.07) is 2.69. The van der Waals surface area contributed by atoms with E-state index in [0.717, 1.165) is 0 Å². The molecule has 1 aromatic heterocycles. The minimum atomic E-state index is -0.993. The topological polar surface area (TPSA) is 86.0 Å². The quantitative estimate of drug-likeness (QED) is 0.728. The maximum Gasteiger partial charge on any atom is 0.326 e. The number of anilines is 1. The first-order chi connectivity index (χ1) is 7.69. The molecule has 0 aliphatic carbocycles. The van der Waals surface area contributed by atoms with Crippen molar-refractivity contribution in [1.29, 1.82) is 5.26 Å². The highest BCUT2D eigenvalue weighted by Crippen LogP contribution is 2.14. The molecular formula is C11H11N3O2. The van der Waals surface area contributed by atoms with Crippen molar-refractivity contribution in [2.45, 2.75) is 12.5 Å². The first-order valence-corrected chi connectivity index (χ1v) is 4.63. The molecule has 82 valence electrons. The Balaban J connectivity index is 2.89. The molecule has 5 heteroatoms. The molecule has 0 saturated heterocycles. The van der Waals surface area contributed by atoms with Crippen molar-refractivity contribution in [1.82, 2.24) is 4.98 Å². The molecular weight excluding hydrogens is 206 g/mol. The van der Waals surface area contributed by atoms with Crippen LogP contribution in [-0.2, 0) is 4.79 Å². The van der Waals surface area contributed by atoms with Gasteiger partial charge in [0.15, 0.2) is 0 Å². The maximum atomic E-state index is 10.9. The molecule has 5 nitrogen and oxygen atoms in total. The fourth-order valence-electron chi connectivity index (χ4n) is 1.18. The van der Waals surface area contributed by atoms with Gasteiger partial charge >= 0.3 is 5.97 Å². The number of nitrogens with zero attached hydrogens (tertiary/aromatic N) is 2. The van der Waals surface area contributed by atoms with E-state index in [1.165, 1.54) is 24.5 Å². The Morgan fingerprint density at radius 2 is 2.56 bits per heavy atom. The van der Waals surface area contributed by atoms with Crippen molar-refractivity contribution in [2.24, 2.45) is 0 Å². The van der Waals surface area contributed by atoms with Crippen LogP contribution >= 0.6 is 0 Å². The summed E-state index contributed by atoms with van der Waals surface area (Å²) in [5.74, 6) is -0.993. The fraction of sp³-hybridized carbons (Fsp3) is 0.182. The third-order valence-corrected chi connectivity index (χ3v) is 1.97. The molecule has 2 N–H and O–H groups in total. The first kappa shape index (κ1) is 11.7. The zero-order chi connectivity index (χ0) is 12.0. The van der Waals surface area contributed by atoms with Crippen LogP contribution in [0.2, 0.25) is 0 Å². The Hall–Kier alpha value is -2.35. The van der Waals surface area contributed by atoms with Gasteiger partial charge in [-0.05, 0) is 12.5 Å². The highest BCUT2D eigenvalue weighted by atomic mass is 16.4. The van der Waals surface area contributed by atoms with Gasteiger partial charge in [-0.15, -0.1) is 6.58 Å². The second-order valence-corrected chi connectivity index (χ2v) is 3.09. The molecule has 1 rings (SSSR count). The van der Waals surface area contributed by atoms with Crippen molar-refractivity contribution in [3.63, 3.8) is 0 Å². The molecule has 0 bridgehead atoms. The van der Waals surface area contributed by atoms with Gasteiger partial charge in [-0.25, -0.2) is 4.79 Å². The summed E-state index contributed by atoms with van der Waals surface area (Å²) in [7, 11) is 0. The molecule has 1 aromatic rings. The number of carbonyl (C=O) groups is 1. The molecule has 1 heterocycles. The summed E-state index contributed by atoms with van der Waals surface area (Å²) in [6.07, 6.45) is 4.69. The van der Waals surface area contributed by atoms with Gasteiger partial charge in [0.1, 0.15) is 12.1 Å². The molecule has 0 spiro atoms. The van der Waals surface area contributed by atoms with E-state index in [4.69, 9.17) is 10.4 Å². The SMILES string of the molecule is C=CCC(Nc1cnccc1C#N)C(=O)O. The van der Waals surface area contributed by atoms with Gasteiger partial charge in [-0.2, -0.15) is 5.26 Å².